The van der Waals surface area contributed by atoms with Gasteiger partial charge in [-0.3, -0.25) is 0 Å². The molecule has 0 aliphatic heterocycles. The molecule has 0 saturated heterocycles. The number of nitrogens with zero attached hydrogens (tertiary/aromatic N) is 1. The molecule has 2 N–H and O–H groups in total. The molecule has 15 heavy (non-hydrogen) atoms. The summed E-state index contributed by atoms with van der Waals surface area (Å²) in [5.41, 5.74) is 6.79. The maximum Gasteiger partial charge on any atom is 0.0951 e. The van der Waals surface area contributed by atoms with E-state index in [1.807, 2.05) is 6.92 Å². The lowest BCUT2D eigenvalue weighted by Crippen LogP contribution is -2.28. The number of nitrogens with two attached hydrogens (primary N) is 1. The van der Waals surface area contributed by atoms with Crippen LogP contribution < -0.4 is 5.73 Å². The monoisotopic (exact) mass is 228 g/mol. The van der Waals surface area contributed by atoms with E-state index >= 15 is 0 Å². The molecule has 1 heterocycles. The van der Waals surface area contributed by atoms with E-state index in [1.54, 1.807) is 11.3 Å². The van der Waals surface area contributed by atoms with Gasteiger partial charge in [-0.15, -0.1) is 11.3 Å². The van der Waals surface area contributed by atoms with Gasteiger partial charge in [0.15, 0.2) is 0 Å². The summed E-state index contributed by atoms with van der Waals surface area (Å²) < 4.78 is 5.30. The number of rotatable bonds is 6. The molecule has 3 nitrogen and oxygen atoms in total. The fourth-order valence-corrected chi connectivity index (χ4v) is 2.12. The molecule has 0 aliphatic carbocycles. The lowest BCUT2D eigenvalue weighted by Gasteiger charge is -2.19. The van der Waals surface area contributed by atoms with Gasteiger partial charge in [-0.2, -0.15) is 0 Å². The molecule has 0 atom stereocenters. The summed E-state index contributed by atoms with van der Waals surface area (Å²) in [4.78, 5) is 4.58. The zero-order valence-corrected chi connectivity index (χ0v) is 10.6. The highest BCUT2D eigenvalue weighted by atomic mass is 32.1. The van der Waals surface area contributed by atoms with E-state index in [9.17, 15) is 0 Å². The van der Waals surface area contributed by atoms with Crippen LogP contribution in [0.3, 0.4) is 0 Å². The summed E-state index contributed by atoms with van der Waals surface area (Å²) in [5, 5.41) is 3.24. The van der Waals surface area contributed by atoms with Crippen LogP contribution in [0.5, 0.6) is 0 Å². The van der Waals surface area contributed by atoms with E-state index in [4.69, 9.17) is 10.5 Å². The summed E-state index contributed by atoms with van der Waals surface area (Å²) in [5.74, 6) is 0. The van der Waals surface area contributed by atoms with Gasteiger partial charge >= 0.3 is 0 Å². The number of hydrogen-bond donors (Lipinski definition) is 1. The Kier molecular flexibility index (Phi) is 4.70. The molecule has 4 heteroatoms. The lowest BCUT2D eigenvalue weighted by atomic mass is 9.90. The summed E-state index contributed by atoms with van der Waals surface area (Å²) in [6, 6.07) is 0. The topological polar surface area (TPSA) is 48.1 Å². The average Bonchev–Trinajstić information content (AvgIpc) is 2.68. The van der Waals surface area contributed by atoms with Crippen LogP contribution in [0.1, 0.15) is 31.5 Å². The normalized spacial score (nSPS) is 12.0. The molecule has 0 amide bonds. The van der Waals surface area contributed by atoms with Gasteiger partial charge < -0.3 is 10.5 Å². The molecular formula is C11H20N2OS. The first-order chi connectivity index (χ1) is 7.10. The Hall–Kier alpha value is -0.450. The van der Waals surface area contributed by atoms with Crippen molar-refractivity contribution < 1.29 is 4.74 Å². The van der Waals surface area contributed by atoms with Gasteiger partial charge in [0.2, 0.25) is 0 Å². The molecule has 0 saturated carbocycles. The van der Waals surface area contributed by atoms with Gasteiger partial charge in [-0.05, 0) is 6.92 Å². The Morgan fingerprint density at radius 1 is 1.53 bits per heavy atom. The molecule has 0 aromatic carbocycles. The molecule has 0 spiro atoms. The Morgan fingerprint density at radius 3 is 2.87 bits per heavy atom. The number of aromatic nitrogens is 1. The first kappa shape index (κ1) is 12.6. The Labute approximate surface area is 95.7 Å². The van der Waals surface area contributed by atoms with Crippen LogP contribution in [-0.2, 0) is 16.6 Å². The van der Waals surface area contributed by atoms with Crippen molar-refractivity contribution in [2.24, 2.45) is 5.73 Å². The molecule has 86 valence electrons. The van der Waals surface area contributed by atoms with Crippen molar-refractivity contribution in [3.05, 3.63) is 16.1 Å². The third kappa shape index (κ3) is 3.55. The second-order valence-electron chi connectivity index (χ2n) is 4.16. The van der Waals surface area contributed by atoms with Gasteiger partial charge in [0.25, 0.3) is 0 Å². The van der Waals surface area contributed by atoms with Gasteiger partial charge in [0.05, 0.1) is 17.3 Å². The molecule has 1 aromatic heterocycles. The van der Waals surface area contributed by atoms with Crippen molar-refractivity contribution >= 4 is 11.3 Å². The fourth-order valence-electron chi connectivity index (χ4n) is 1.14. The van der Waals surface area contributed by atoms with Gasteiger partial charge in [-0.25, -0.2) is 4.98 Å². The lowest BCUT2D eigenvalue weighted by molar-refractivity contribution is 0.151. The minimum Gasteiger partial charge on any atom is -0.381 e. The van der Waals surface area contributed by atoms with E-state index in [0.717, 1.165) is 30.3 Å². The van der Waals surface area contributed by atoms with Crippen LogP contribution in [0.25, 0.3) is 0 Å². The minimum atomic E-state index is -0.0135. The first-order valence-electron chi connectivity index (χ1n) is 5.33. The standard InChI is InChI=1S/C11H20N2OS/c1-4-14-6-5-10-13-9(7-15-10)11(2,3)8-12/h7H,4-6,8,12H2,1-3H3. The minimum absolute atomic E-state index is 0.0135. The molecule has 1 rings (SSSR count). The fraction of sp³-hybridized carbons (Fsp3) is 0.727. The van der Waals surface area contributed by atoms with Crippen LogP contribution in [0.15, 0.2) is 5.38 Å². The smallest absolute Gasteiger partial charge is 0.0951 e. The highest BCUT2D eigenvalue weighted by molar-refractivity contribution is 7.09. The van der Waals surface area contributed by atoms with Crippen molar-refractivity contribution in [3.8, 4) is 0 Å². The number of hydrogen-bond acceptors (Lipinski definition) is 4. The summed E-state index contributed by atoms with van der Waals surface area (Å²) in [6.07, 6.45) is 0.902. The summed E-state index contributed by atoms with van der Waals surface area (Å²) in [6.45, 7) is 8.40. The van der Waals surface area contributed by atoms with Crippen LogP contribution in [0.2, 0.25) is 0 Å². The average molecular weight is 228 g/mol. The van der Waals surface area contributed by atoms with E-state index < -0.39 is 0 Å². The first-order valence-corrected chi connectivity index (χ1v) is 6.21. The van der Waals surface area contributed by atoms with Crippen molar-refractivity contribution in [1.82, 2.24) is 4.98 Å². The third-order valence-corrected chi connectivity index (χ3v) is 3.33. The maximum atomic E-state index is 5.71. The predicted molar refractivity (Wildman–Crippen MR) is 64.4 cm³/mol. The summed E-state index contributed by atoms with van der Waals surface area (Å²) >= 11 is 1.70. The van der Waals surface area contributed by atoms with Crippen molar-refractivity contribution in [1.29, 1.82) is 0 Å². The highest BCUT2D eigenvalue weighted by Crippen LogP contribution is 2.23. The van der Waals surface area contributed by atoms with E-state index in [0.29, 0.717) is 6.54 Å². The zero-order valence-electron chi connectivity index (χ0n) is 9.75. The van der Waals surface area contributed by atoms with Crippen molar-refractivity contribution in [2.45, 2.75) is 32.6 Å². The number of thiazole rings is 1. The van der Waals surface area contributed by atoms with E-state index in [1.165, 1.54) is 0 Å². The molecule has 0 unspecified atom stereocenters. The molecule has 1 aromatic rings. The van der Waals surface area contributed by atoms with Crippen molar-refractivity contribution in [3.63, 3.8) is 0 Å². The zero-order chi connectivity index (χ0) is 11.3. The van der Waals surface area contributed by atoms with E-state index in [-0.39, 0.29) is 5.41 Å². The summed E-state index contributed by atoms with van der Waals surface area (Å²) in [7, 11) is 0. The third-order valence-electron chi connectivity index (χ3n) is 2.42. The van der Waals surface area contributed by atoms with Crippen LogP contribution in [-0.4, -0.2) is 24.7 Å². The Balaban J connectivity index is 2.56. The molecule has 0 radical (unpaired) electrons. The quantitative estimate of drug-likeness (QED) is 0.757. The largest absolute Gasteiger partial charge is 0.381 e. The van der Waals surface area contributed by atoms with Crippen LogP contribution >= 0.6 is 11.3 Å². The van der Waals surface area contributed by atoms with Gasteiger partial charge in [-0.1, -0.05) is 13.8 Å². The van der Waals surface area contributed by atoms with Crippen LogP contribution in [0.4, 0.5) is 0 Å². The van der Waals surface area contributed by atoms with Gasteiger partial charge in [0, 0.05) is 30.4 Å². The highest BCUT2D eigenvalue weighted by Gasteiger charge is 2.21. The predicted octanol–water partition coefficient (Wildman–Crippen LogP) is 1.96. The van der Waals surface area contributed by atoms with Crippen molar-refractivity contribution in [2.75, 3.05) is 19.8 Å². The maximum absolute atomic E-state index is 5.71. The molecule has 0 fully saturated rings. The number of ether oxygens (including phenoxy) is 1. The SMILES string of the molecule is CCOCCc1nc(C(C)(C)CN)cs1. The van der Waals surface area contributed by atoms with E-state index in [2.05, 4.69) is 24.2 Å². The van der Waals surface area contributed by atoms with Crippen LogP contribution in [0, 0.1) is 0 Å². The Bertz CT molecular complexity index is 297. The Morgan fingerprint density at radius 2 is 2.27 bits per heavy atom. The second-order valence-corrected chi connectivity index (χ2v) is 5.10. The molecule has 0 bridgehead atoms. The molecule has 0 aliphatic rings. The second kappa shape index (κ2) is 5.58. The van der Waals surface area contributed by atoms with Gasteiger partial charge in [0.1, 0.15) is 0 Å². The molecular weight excluding hydrogens is 208 g/mol.